The number of aliphatic imine (C=N–C) groups is 1. The van der Waals surface area contributed by atoms with E-state index in [-0.39, 0.29) is 0 Å². The van der Waals surface area contributed by atoms with E-state index in [1.807, 2.05) is 18.2 Å². The molecule has 1 saturated heterocycles. The van der Waals surface area contributed by atoms with Crippen LogP contribution in [0.2, 0.25) is 5.02 Å². The van der Waals surface area contributed by atoms with E-state index in [9.17, 15) is 0 Å². The zero-order chi connectivity index (χ0) is 17.4. The maximum absolute atomic E-state index is 6.01. The van der Waals surface area contributed by atoms with Crippen molar-refractivity contribution in [2.45, 2.75) is 38.8 Å². The molecule has 24 heavy (non-hydrogen) atoms. The molecular formula is C18H29ClN4O. The Hall–Kier alpha value is -1.46. The fourth-order valence-electron chi connectivity index (χ4n) is 3.05. The minimum Gasteiger partial charge on any atom is -0.496 e. The van der Waals surface area contributed by atoms with Gasteiger partial charge in [0.2, 0.25) is 0 Å². The van der Waals surface area contributed by atoms with Crippen molar-refractivity contribution in [3.63, 3.8) is 0 Å². The van der Waals surface area contributed by atoms with Crippen LogP contribution >= 0.6 is 11.6 Å². The third-order valence-electron chi connectivity index (χ3n) is 4.39. The summed E-state index contributed by atoms with van der Waals surface area (Å²) in [6, 6.07) is 6.17. The number of methoxy groups -OCH3 is 1. The van der Waals surface area contributed by atoms with Gasteiger partial charge in [0.15, 0.2) is 5.96 Å². The lowest BCUT2D eigenvalue weighted by Crippen LogP contribution is -2.48. The highest BCUT2D eigenvalue weighted by atomic mass is 35.5. The Balaban J connectivity index is 1.83. The second-order valence-corrected chi connectivity index (χ2v) is 6.58. The van der Waals surface area contributed by atoms with E-state index in [0.717, 1.165) is 43.2 Å². The summed E-state index contributed by atoms with van der Waals surface area (Å²) in [6.07, 6.45) is 3.54. The second-order valence-electron chi connectivity index (χ2n) is 6.14. The van der Waals surface area contributed by atoms with Gasteiger partial charge in [-0.25, -0.2) is 0 Å². The number of piperidine rings is 1. The molecule has 1 heterocycles. The summed E-state index contributed by atoms with van der Waals surface area (Å²) in [5, 5.41) is 7.58. The summed E-state index contributed by atoms with van der Waals surface area (Å²) in [5.74, 6) is 1.62. The monoisotopic (exact) mass is 352 g/mol. The Labute approximate surface area is 150 Å². The van der Waals surface area contributed by atoms with Crippen LogP contribution in [0.15, 0.2) is 23.2 Å². The second kappa shape index (κ2) is 9.74. The van der Waals surface area contributed by atoms with E-state index in [4.69, 9.17) is 16.3 Å². The van der Waals surface area contributed by atoms with Crippen molar-refractivity contribution in [1.82, 2.24) is 15.5 Å². The van der Waals surface area contributed by atoms with Crippen molar-refractivity contribution in [1.29, 1.82) is 0 Å². The van der Waals surface area contributed by atoms with E-state index in [1.165, 1.54) is 13.0 Å². The predicted molar refractivity (Wildman–Crippen MR) is 101 cm³/mol. The first-order valence-electron chi connectivity index (χ1n) is 8.68. The van der Waals surface area contributed by atoms with Crippen LogP contribution in [0, 0.1) is 0 Å². The molecule has 0 bridgehead atoms. The van der Waals surface area contributed by atoms with Gasteiger partial charge in [0.05, 0.1) is 7.11 Å². The molecule has 134 valence electrons. The maximum Gasteiger partial charge on any atom is 0.191 e. The number of guanidine groups is 1. The molecule has 5 nitrogen and oxygen atoms in total. The van der Waals surface area contributed by atoms with E-state index in [2.05, 4.69) is 27.4 Å². The van der Waals surface area contributed by atoms with Gasteiger partial charge >= 0.3 is 0 Å². The highest BCUT2D eigenvalue weighted by Crippen LogP contribution is 2.22. The van der Waals surface area contributed by atoms with Crippen molar-refractivity contribution in [3.05, 3.63) is 28.8 Å². The van der Waals surface area contributed by atoms with Crippen LogP contribution in [0.25, 0.3) is 0 Å². The van der Waals surface area contributed by atoms with Crippen LogP contribution in [-0.4, -0.2) is 50.7 Å². The summed E-state index contributed by atoms with van der Waals surface area (Å²) in [7, 11) is 3.47. The molecule has 0 saturated carbocycles. The van der Waals surface area contributed by atoms with Gasteiger partial charge in [-0.2, -0.15) is 0 Å². The summed E-state index contributed by atoms with van der Waals surface area (Å²) < 4.78 is 5.39. The molecule has 1 fully saturated rings. The normalized spacial score (nSPS) is 16.9. The molecule has 1 aliphatic heterocycles. The first-order chi connectivity index (χ1) is 11.7. The quantitative estimate of drug-likeness (QED) is 0.610. The third-order valence-corrected chi connectivity index (χ3v) is 4.62. The van der Waals surface area contributed by atoms with Gasteiger partial charge in [-0.1, -0.05) is 24.6 Å². The molecule has 1 aromatic carbocycles. The Bertz CT molecular complexity index is 542. The fraction of sp³-hybridized carbons (Fsp3) is 0.611. The molecule has 6 heteroatoms. The zero-order valence-electron chi connectivity index (χ0n) is 14.9. The standard InChI is InChI=1S/C18H29ClN4O/c1-4-9-23-10-7-16(8-11-23)22-18(20-2)21-13-14-5-6-15(19)12-17(14)24-3/h5-6,12,16H,4,7-11,13H2,1-3H3,(H2,20,21,22). The largest absolute Gasteiger partial charge is 0.496 e. The summed E-state index contributed by atoms with van der Waals surface area (Å²) in [5.41, 5.74) is 1.06. The van der Waals surface area contributed by atoms with Gasteiger partial charge in [0.25, 0.3) is 0 Å². The lowest BCUT2D eigenvalue weighted by atomic mass is 10.1. The SMILES string of the molecule is CCCN1CCC(NC(=NC)NCc2ccc(Cl)cc2OC)CC1. The number of halogens is 1. The summed E-state index contributed by atoms with van der Waals surface area (Å²) in [4.78, 5) is 6.87. The third kappa shape index (κ3) is 5.56. The van der Waals surface area contributed by atoms with Gasteiger partial charge in [0.1, 0.15) is 5.75 Å². The fourth-order valence-corrected chi connectivity index (χ4v) is 3.21. The molecule has 2 N–H and O–H groups in total. The number of ether oxygens (including phenoxy) is 1. The van der Waals surface area contributed by atoms with Crippen LogP contribution in [0.3, 0.4) is 0 Å². The Kier molecular flexibility index (Phi) is 7.66. The first-order valence-corrected chi connectivity index (χ1v) is 9.06. The highest BCUT2D eigenvalue weighted by Gasteiger charge is 2.19. The molecule has 1 aliphatic rings. The molecule has 0 unspecified atom stereocenters. The zero-order valence-corrected chi connectivity index (χ0v) is 15.7. The molecule has 1 aromatic rings. The van der Waals surface area contributed by atoms with Gasteiger partial charge in [-0.3, -0.25) is 4.99 Å². The van der Waals surface area contributed by atoms with Crippen LogP contribution in [0.4, 0.5) is 0 Å². The lowest BCUT2D eigenvalue weighted by molar-refractivity contribution is 0.206. The van der Waals surface area contributed by atoms with Crippen molar-refractivity contribution in [3.8, 4) is 5.75 Å². The number of likely N-dealkylation sites (tertiary alicyclic amines) is 1. The minimum absolute atomic E-state index is 0.483. The predicted octanol–water partition coefficient (Wildman–Crippen LogP) is 2.89. The number of hydrogen-bond donors (Lipinski definition) is 2. The molecular weight excluding hydrogens is 324 g/mol. The molecule has 0 aromatic heterocycles. The van der Waals surface area contributed by atoms with Crippen LogP contribution in [0.1, 0.15) is 31.7 Å². The lowest BCUT2D eigenvalue weighted by Gasteiger charge is -2.32. The minimum atomic E-state index is 0.483. The Morgan fingerprint density at radius 2 is 2.12 bits per heavy atom. The van der Waals surface area contributed by atoms with E-state index in [1.54, 1.807) is 14.2 Å². The van der Waals surface area contributed by atoms with Gasteiger partial charge < -0.3 is 20.3 Å². The van der Waals surface area contributed by atoms with Gasteiger partial charge in [-0.15, -0.1) is 0 Å². The van der Waals surface area contributed by atoms with E-state index in [0.29, 0.717) is 17.6 Å². The van der Waals surface area contributed by atoms with Gasteiger partial charge in [-0.05, 0) is 37.9 Å². The number of rotatable bonds is 6. The highest BCUT2D eigenvalue weighted by molar-refractivity contribution is 6.30. The van der Waals surface area contributed by atoms with Crippen molar-refractivity contribution < 1.29 is 4.74 Å². The number of hydrogen-bond acceptors (Lipinski definition) is 3. The summed E-state index contributed by atoms with van der Waals surface area (Å²) >= 11 is 6.01. The van der Waals surface area contributed by atoms with Crippen molar-refractivity contribution in [2.75, 3.05) is 33.8 Å². The maximum atomic E-state index is 6.01. The molecule has 0 atom stereocenters. The molecule has 0 aliphatic carbocycles. The van der Waals surface area contributed by atoms with Crippen molar-refractivity contribution in [2.24, 2.45) is 4.99 Å². The molecule has 0 amide bonds. The van der Waals surface area contributed by atoms with Gasteiger partial charge in [0, 0.05) is 43.3 Å². The average Bonchev–Trinajstić information content (AvgIpc) is 2.61. The molecule has 0 spiro atoms. The topological polar surface area (TPSA) is 48.9 Å². The first kappa shape index (κ1) is 18.9. The molecule has 2 rings (SSSR count). The van der Waals surface area contributed by atoms with Crippen molar-refractivity contribution >= 4 is 17.6 Å². The van der Waals surface area contributed by atoms with E-state index >= 15 is 0 Å². The van der Waals surface area contributed by atoms with Crippen LogP contribution in [0.5, 0.6) is 5.75 Å². The Morgan fingerprint density at radius 1 is 1.38 bits per heavy atom. The molecule has 0 radical (unpaired) electrons. The van der Waals surface area contributed by atoms with E-state index < -0.39 is 0 Å². The summed E-state index contributed by atoms with van der Waals surface area (Å²) in [6.45, 7) is 6.41. The number of nitrogens with zero attached hydrogens (tertiary/aromatic N) is 2. The number of benzene rings is 1. The van der Waals surface area contributed by atoms with Crippen LogP contribution < -0.4 is 15.4 Å². The van der Waals surface area contributed by atoms with Crippen LogP contribution in [-0.2, 0) is 6.54 Å². The number of nitrogens with one attached hydrogen (secondary N) is 2. The smallest absolute Gasteiger partial charge is 0.191 e. The average molecular weight is 353 g/mol. The Morgan fingerprint density at radius 3 is 2.75 bits per heavy atom.